The van der Waals surface area contributed by atoms with Crippen molar-refractivity contribution in [1.82, 2.24) is 20.3 Å². The van der Waals surface area contributed by atoms with Gasteiger partial charge in [-0.15, -0.1) is 24.0 Å². The fourth-order valence-corrected chi connectivity index (χ4v) is 4.00. The van der Waals surface area contributed by atoms with Crippen LogP contribution >= 0.6 is 24.0 Å². The smallest absolute Gasteiger partial charge is 0.242 e. The summed E-state index contributed by atoms with van der Waals surface area (Å²) in [6, 6.07) is 3.56. The average Bonchev–Trinajstić information content (AvgIpc) is 2.60. The first-order chi connectivity index (χ1) is 12.0. The predicted octanol–water partition coefficient (Wildman–Crippen LogP) is 2.11. The van der Waals surface area contributed by atoms with Gasteiger partial charge < -0.3 is 10.6 Å². The lowest BCUT2D eigenvalue weighted by Gasteiger charge is -2.28. The highest BCUT2D eigenvalue weighted by Gasteiger charge is 2.19. The Hall–Kier alpha value is -0.940. The molecule has 1 aliphatic rings. The number of aromatic nitrogens is 1. The first kappa shape index (κ1) is 23.1. The molecule has 1 aliphatic carbocycles. The second-order valence-electron chi connectivity index (χ2n) is 6.46. The van der Waals surface area contributed by atoms with Gasteiger partial charge in [0, 0.05) is 31.5 Å². The molecule has 0 aromatic carbocycles. The summed E-state index contributed by atoms with van der Waals surface area (Å²) in [5, 5.41) is 6.69. The summed E-state index contributed by atoms with van der Waals surface area (Å²) in [5.74, 6) is 1.49. The van der Waals surface area contributed by atoms with Crippen LogP contribution < -0.4 is 15.4 Å². The third-order valence-corrected chi connectivity index (χ3v) is 5.69. The van der Waals surface area contributed by atoms with Crippen molar-refractivity contribution in [2.24, 2.45) is 10.9 Å². The van der Waals surface area contributed by atoms with E-state index >= 15 is 0 Å². The molecular formula is C17H30IN5O2S. The molecule has 0 amide bonds. The van der Waals surface area contributed by atoms with Crippen molar-refractivity contribution in [3.63, 3.8) is 0 Å². The maximum Gasteiger partial charge on any atom is 0.242 e. The van der Waals surface area contributed by atoms with E-state index in [0.29, 0.717) is 12.6 Å². The number of pyridine rings is 1. The van der Waals surface area contributed by atoms with Crippen molar-refractivity contribution in [1.29, 1.82) is 0 Å². The van der Waals surface area contributed by atoms with Gasteiger partial charge in [0.1, 0.15) is 4.90 Å². The van der Waals surface area contributed by atoms with Gasteiger partial charge in [-0.05, 0) is 37.8 Å². The standard InChI is InChI=1S/C17H29N5O2S.HI/c1-3-19-17(22-15-7-4-6-14(2)12-15)20-10-11-21-25(23,24)16-8-5-9-18-13-16;/h5,8-9,13-15,21H,3-4,6-7,10-12H2,1-2H3,(H2,19,20,22);1H. The molecule has 2 unspecified atom stereocenters. The van der Waals surface area contributed by atoms with Crippen molar-refractivity contribution in [2.45, 2.75) is 50.5 Å². The Morgan fingerprint density at radius 3 is 2.85 bits per heavy atom. The van der Waals surface area contributed by atoms with Crippen LogP contribution in [-0.4, -0.2) is 45.0 Å². The first-order valence-electron chi connectivity index (χ1n) is 8.96. The van der Waals surface area contributed by atoms with Gasteiger partial charge >= 0.3 is 0 Å². The van der Waals surface area contributed by atoms with E-state index in [-0.39, 0.29) is 35.4 Å². The summed E-state index contributed by atoms with van der Waals surface area (Å²) in [7, 11) is -3.53. The molecule has 0 radical (unpaired) electrons. The lowest BCUT2D eigenvalue weighted by atomic mass is 9.87. The second-order valence-corrected chi connectivity index (χ2v) is 8.23. The fraction of sp³-hybridized carbons (Fsp3) is 0.647. The Morgan fingerprint density at radius 2 is 2.19 bits per heavy atom. The van der Waals surface area contributed by atoms with E-state index in [4.69, 9.17) is 0 Å². The summed E-state index contributed by atoms with van der Waals surface area (Å²) in [6.45, 7) is 5.69. The van der Waals surface area contributed by atoms with Crippen molar-refractivity contribution in [2.75, 3.05) is 19.6 Å². The van der Waals surface area contributed by atoms with E-state index in [2.05, 4.69) is 32.3 Å². The maximum atomic E-state index is 12.1. The number of sulfonamides is 1. The van der Waals surface area contributed by atoms with Crippen LogP contribution in [0.2, 0.25) is 0 Å². The van der Waals surface area contributed by atoms with Gasteiger partial charge in [-0.25, -0.2) is 13.1 Å². The van der Waals surface area contributed by atoms with Crippen LogP contribution in [-0.2, 0) is 10.0 Å². The Balaban J connectivity index is 0.00000338. The molecule has 3 N–H and O–H groups in total. The maximum absolute atomic E-state index is 12.1. The number of hydrogen-bond donors (Lipinski definition) is 3. The van der Waals surface area contributed by atoms with Gasteiger partial charge in [-0.3, -0.25) is 9.98 Å². The minimum Gasteiger partial charge on any atom is -0.357 e. The van der Waals surface area contributed by atoms with Gasteiger partial charge in [0.15, 0.2) is 5.96 Å². The van der Waals surface area contributed by atoms with Gasteiger partial charge in [-0.2, -0.15) is 0 Å². The Morgan fingerprint density at radius 1 is 1.38 bits per heavy atom. The van der Waals surface area contributed by atoms with E-state index in [1.54, 1.807) is 12.3 Å². The second kappa shape index (κ2) is 11.7. The Labute approximate surface area is 173 Å². The molecule has 7 nitrogen and oxygen atoms in total. The summed E-state index contributed by atoms with van der Waals surface area (Å²) in [4.78, 5) is 8.48. The zero-order valence-corrected chi connectivity index (χ0v) is 18.6. The van der Waals surface area contributed by atoms with Gasteiger partial charge in [0.2, 0.25) is 10.0 Å². The number of halogens is 1. The monoisotopic (exact) mass is 495 g/mol. The van der Waals surface area contributed by atoms with Crippen LogP contribution in [0.15, 0.2) is 34.4 Å². The van der Waals surface area contributed by atoms with Gasteiger partial charge in [0.05, 0.1) is 6.54 Å². The third-order valence-electron chi connectivity index (χ3n) is 4.24. The lowest BCUT2D eigenvalue weighted by Crippen LogP contribution is -2.45. The van der Waals surface area contributed by atoms with Gasteiger partial charge in [0.25, 0.3) is 0 Å². The van der Waals surface area contributed by atoms with E-state index < -0.39 is 10.0 Å². The van der Waals surface area contributed by atoms with Crippen LogP contribution in [0.25, 0.3) is 0 Å². The van der Waals surface area contributed by atoms with Crippen molar-refractivity contribution in [3.8, 4) is 0 Å². The van der Waals surface area contributed by atoms with E-state index in [0.717, 1.165) is 31.3 Å². The SMILES string of the molecule is CCNC(=NCCNS(=O)(=O)c1cccnc1)NC1CCCC(C)C1.I. The molecule has 0 bridgehead atoms. The summed E-state index contributed by atoms with van der Waals surface area (Å²) in [5.41, 5.74) is 0. The highest BCUT2D eigenvalue weighted by molar-refractivity contribution is 14.0. The van der Waals surface area contributed by atoms with Gasteiger partial charge in [-0.1, -0.05) is 19.8 Å². The van der Waals surface area contributed by atoms with Crippen molar-refractivity contribution >= 4 is 40.0 Å². The van der Waals surface area contributed by atoms with Crippen LogP contribution in [0.5, 0.6) is 0 Å². The van der Waals surface area contributed by atoms with Crippen LogP contribution in [0, 0.1) is 5.92 Å². The summed E-state index contributed by atoms with van der Waals surface area (Å²) < 4.78 is 26.8. The van der Waals surface area contributed by atoms with E-state index in [9.17, 15) is 8.42 Å². The number of rotatable bonds is 7. The van der Waals surface area contributed by atoms with E-state index in [1.165, 1.54) is 25.1 Å². The topological polar surface area (TPSA) is 95.5 Å². The molecule has 2 atom stereocenters. The largest absolute Gasteiger partial charge is 0.357 e. The average molecular weight is 495 g/mol. The molecule has 1 aromatic heterocycles. The number of hydrogen-bond acceptors (Lipinski definition) is 4. The first-order valence-corrected chi connectivity index (χ1v) is 10.4. The lowest BCUT2D eigenvalue weighted by molar-refractivity contribution is 0.324. The molecule has 1 aromatic rings. The molecule has 1 fully saturated rings. The molecule has 0 aliphatic heterocycles. The van der Waals surface area contributed by atoms with E-state index in [1.807, 2.05) is 6.92 Å². The predicted molar refractivity (Wildman–Crippen MR) is 115 cm³/mol. The number of aliphatic imine (C=N–C) groups is 1. The van der Waals surface area contributed by atoms with Crippen molar-refractivity contribution < 1.29 is 8.42 Å². The quantitative estimate of drug-likeness (QED) is 0.233. The van der Waals surface area contributed by atoms with Crippen LogP contribution in [0.1, 0.15) is 39.5 Å². The molecule has 0 spiro atoms. The zero-order valence-electron chi connectivity index (χ0n) is 15.4. The number of nitrogens with one attached hydrogen (secondary N) is 3. The van der Waals surface area contributed by atoms with Crippen molar-refractivity contribution in [3.05, 3.63) is 24.5 Å². The molecular weight excluding hydrogens is 465 g/mol. The molecule has 9 heteroatoms. The summed E-state index contributed by atoms with van der Waals surface area (Å²) in [6.07, 6.45) is 7.72. The van der Waals surface area contributed by atoms with Crippen LogP contribution in [0.4, 0.5) is 0 Å². The minimum atomic E-state index is -3.53. The summed E-state index contributed by atoms with van der Waals surface area (Å²) >= 11 is 0. The molecule has 26 heavy (non-hydrogen) atoms. The van der Waals surface area contributed by atoms with Crippen LogP contribution in [0.3, 0.4) is 0 Å². The molecule has 148 valence electrons. The fourth-order valence-electron chi connectivity index (χ4n) is 3.02. The number of nitrogens with zero attached hydrogens (tertiary/aromatic N) is 2. The number of guanidine groups is 1. The molecule has 1 saturated carbocycles. The zero-order chi connectivity index (χ0) is 18.1. The highest BCUT2D eigenvalue weighted by atomic mass is 127. The normalized spacial score (nSPS) is 20.9. The Kier molecular flexibility index (Phi) is 10.4. The Bertz CT molecular complexity index is 654. The molecule has 2 rings (SSSR count). The minimum absolute atomic E-state index is 0. The molecule has 1 heterocycles. The highest BCUT2D eigenvalue weighted by Crippen LogP contribution is 2.23. The molecule has 0 saturated heterocycles. The third kappa shape index (κ3) is 7.75.